The van der Waals surface area contributed by atoms with Crippen LogP contribution >= 0.6 is 11.3 Å². The standard InChI is InChI=1S/C53H53BN2S/c1-30-23-37(35-16-12-15-34-36-25-31-13-10-11-14-32(31)26-43(36)55-47(34)35)46-44(24-30)56(33-17-18-39-40(27-33)51(4,5)20-19-50(39,2)3)48-38-28-41-42(29-45(38)57-49(48)54-46)53(8,9)22-21-52(41,6)7/h10-18,23-29,54-55H,19-22H2,1-9H3. The van der Waals surface area contributed by atoms with Crippen molar-refractivity contribution in [3.05, 3.63) is 125 Å². The smallest absolute Gasteiger partial charge is 0.211 e. The molecule has 0 atom stereocenters. The van der Waals surface area contributed by atoms with Crippen molar-refractivity contribution in [2.45, 2.75) is 110 Å². The van der Waals surface area contributed by atoms with Gasteiger partial charge in [0.2, 0.25) is 7.28 Å². The number of nitrogens with zero attached hydrogens (tertiary/aromatic N) is 1. The molecule has 3 aliphatic rings. The summed E-state index contributed by atoms with van der Waals surface area (Å²) in [5.74, 6) is 0. The Balaban J connectivity index is 1.19. The molecule has 0 saturated heterocycles. The molecule has 1 aliphatic heterocycles. The molecule has 1 N–H and O–H groups in total. The first kappa shape index (κ1) is 35.4. The molecule has 11 rings (SSSR count). The maximum absolute atomic E-state index is 3.93. The van der Waals surface area contributed by atoms with Crippen LogP contribution in [-0.4, -0.2) is 12.3 Å². The molecule has 284 valence electrons. The molecule has 2 aromatic heterocycles. The van der Waals surface area contributed by atoms with Crippen LogP contribution in [0.25, 0.3) is 53.8 Å². The van der Waals surface area contributed by atoms with Gasteiger partial charge in [0.25, 0.3) is 0 Å². The van der Waals surface area contributed by atoms with Crippen molar-refractivity contribution in [1.82, 2.24) is 4.98 Å². The molecule has 0 radical (unpaired) electrons. The van der Waals surface area contributed by atoms with Gasteiger partial charge in [0.1, 0.15) is 0 Å². The second-order valence-electron chi connectivity index (χ2n) is 20.5. The van der Waals surface area contributed by atoms with E-state index in [9.17, 15) is 0 Å². The number of fused-ring (bicyclic) bond motifs is 10. The first-order chi connectivity index (χ1) is 27.1. The minimum atomic E-state index is 0.113. The summed E-state index contributed by atoms with van der Waals surface area (Å²) in [4.78, 5) is 6.62. The van der Waals surface area contributed by atoms with Gasteiger partial charge in [-0.05, 0) is 151 Å². The quantitative estimate of drug-likeness (QED) is 0.174. The minimum Gasteiger partial charge on any atom is -0.354 e. The number of H-pyrrole nitrogens is 1. The molecule has 0 fully saturated rings. The van der Waals surface area contributed by atoms with Crippen LogP contribution in [0.2, 0.25) is 0 Å². The van der Waals surface area contributed by atoms with Crippen molar-refractivity contribution in [3.8, 4) is 11.1 Å². The normalized spacial score (nSPS) is 18.6. The molecule has 0 bridgehead atoms. The van der Waals surface area contributed by atoms with Crippen molar-refractivity contribution < 1.29 is 0 Å². The third-order valence-corrected chi connectivity index (χ3v) is 15.9. The van der Waals surface area contributed by atoms with Crippen molar-refractivity contribution >= 4 is 88.6 Å². The van der Waals surface area contributed by atoms with E-state index < -0.39 is 0 Å². The largest absolute Gasteiger partial charge is 0.354 e. The van der Waals surface area contributed by atoms with Gasteiger partial charge in [0, 0.05) is 43.3 Å². The van der Waals surface area contributed by atoms with Crippen LogP contribution in [0.5, 0.6) is 0 Å². The fraction of sp³-hybridized carbons (Fsp3) is 0.321. The average molecular weight is 761 g/mol. The number of thiophene rings is 1. The fourth-order valence-corrected chi connectivity index (χ4v) is 12.3. The Kier molecular flexibility index (Phi) is 7.24. The van der Waals surface area contributed by atoms with Crippen molar-refractivity contribution in [2.75, 3.05) is 4.90 Å². The predicted octanol–water partition coefficient (Wildman–Crippen LogP) is 13.5. The number of para-hydroxylation sites is 1. The highest BCUT2D eigenvalue weighted by atomic mass is 32.1. The number of hydrogen-bond donors (Lipinski definition) is 1. The van der Waals surface area contributed by atoms with Crippen LogP contribution in [0, 0.1) is 6.92 Å². The minimum absolute atomic E-state index is 0.113. The van der Waals surface area contributed by atoms with Gasteiger partial charge in [0.05, 0.1) is 11.2 Å². The summed E-state index contributed by atoms with van der Waals surface area (Å²) in [6, 6.07) is 38.0. The van der Waals surface area contributed by atoms with E-state index in [2.05, 4.69) is 169 Å². The van der Waals surface area contributed by atoms with E-state index in [0.29, 0.717) is 0 Å². The fourth-order valence-electron chi connectivity index (χ4n) is 11.1. The number of hydrogen-bond acceptors (Lipinski definition) is 2. The molecule has 0 saturated carbocycles. The van der Waals surface area contributed by atoms with E-state index in [1.54, 1.807) is 5.56 Å². The van der Waals surface area contributed by atoms with E-state index in [1.165, 1.54) is 129 Å². The van der Waals surface area contributed by atoms with E-state index in [4.69, 9.17) is 0 Å². The van der Waals surface area contributed by atoms with Crippen LogP contribution in [0.1, 0.15) is 109 Å². The van der Waals surface area contributed by atoms with E-state index >= 15 is 0 Å². The Morgan fingerprint density at radius 1 is 0.579 bits per heavy atom. The first-order valence-corrected chi connectivity index (χ1v) is 22.0. The number of aromatic amines is 1. The number of aromatic nitrogens is 1. The highest BCUT2D eigenvalue weighted by Crippen LogP contribution is 2.53. The van der Waals surface area contributed by atoms with Crippen LogP contribution < -0.4 is 15.1 Å². The predicted molar refractivity (Wildman–Crippen MR) is 251 cm³/mol. The molecule has 0 amide bonds. The van der Waals surface area contributed by atoms with Gasteiger partial charge < -0.3 is 9.88 Å². The molecular formula is C53H53BN2S. The Labute approximate surface area is 342 Å². The molecule has 57 heavy (non-hydrogen) atoms. The lowest BCUT2D eigenvalue weighted by atomic mass is 9.61. The zero-order valence-corrected chi connectivity index (χ0v) is 35.9. The van der Waals surface area contributed by atoms with Gasteiger partial charge in [-0.1, -0.05) is 110 Å². The Bertz CT molecular complexity index is 3020. The Hall–Kier alpha value is -4.80. The third kappa shape index (κ3) is 5.15. The van der Waals surface area contributed by atoms with Gasteiger partial charge in [0.15, 0.2) is 0 Å². The van der Waals surface area contributed by atoms with E-state index in [0.717, 1.165) is 7.28 Å². The van der Waals surface area contributed by atoms with Gasteiger partial charge >= 0.3 is 0 Å². The van der Waals surface area contributed by atoms with Gasteiger partial charge in [-0.3, -0.25) is 0 Å². The monoisotopic (exact) mass is 760 g/mol. The zero-order valence-electron chi connectivity index (χ0n) is 35.1. The Morgan fingerprint density at radius 3 is 1.95 bits per heavy atom. The maximum atomic E-state index is 3.93. The van der Waals surface area contributed by atoms with Crippen molar-refractivity contribution in [3.63, 3.8) is 0 Å². The molecule has 4 heteroatoms. The van der Waals surface area contributed by atoms with Crippen LogP contribution in [0.15, 0.2) is 97.1 Å². The second kappa shape index (κ2) is 11.7. The maximum Gasteiger partial charge on any atom is 0.211 e. The summed E-state index contributed by atoms with van der Waals surface area (Å²) in [5.41, 5.74) is 18.4. The molecule has 8 aromatic rings. The summed E-state index contributed by atoms with van der Waals surface area (Å²) in [6.07, 6.45) is 4.85. The third-order valence-electron chi connectivity index (χ3n) is 14.8. The summed E-state index contributed by atoms with van der Waals surface area (Å²) >= 11 is 2.03. The topological polar surface area (TPSA) is 19.0 Å². The lowest BCUT2D eigenvalue weighted by Crippen LogP contribution is -2.40. The molecule has 2 nitrogen and oxygen atoms in total. The van der Waals surface area contributed by atoms with E-state index in [1.807, 2.05) is 11.3 Å². The van der Waals surface area contributed by atoms with Crippen molar-refractivity contribution in [2.24, 2.45) is 0 Å². The zero-order chi connectivity index (χ0) is 39.4. The number of aryl methyl sites for hydroxylation is 1. The highest BCUT2D eigenvalue weighted by molar-refractivity contribution is 7.29. The second-order valence-corrected chi connectivity index (χ2v) is 21.6. The number of anilines is 3. The number of benzene rings is 6. The molecule has 2 aliphatic carbocycles. The highest BCUT2D eigenvalue weighted by Gasteiger charge is 2.41. The van der Waals surface area contributed by atoms with E-state index in [-0.39, 0.29) is 21.7 Å². The Morgan fingerprint density at radius 2 is 1.23 bits per heavy atom. The summed E-state index contributed by atoms with van der Waals surface area (Å²) < 4.78 is 2.89. The van der Waals surface area contributed by atoms with Crippen molar-refractivity contribution in [1.29, 1.82) is 0 Å². The lowest BCUT2D eigenvalue weighted by Gasteiger charge is -2.43. The molecule has 3 heterocycles. The van der Waals surface area contributed by atoms with Crippen LogP contribution in [0.4, 0.5) is 17.1 Å². The average Bonchev–Trinajstić information content (AvgIpc) is 3.73. The van der Waals surface area contributed by atoms with Crippen LogP contribution in [-0.2, 0) is 21.7 Å². The van der Waals surface area contributed by atoms with Gasteiger partial charge in [-0.25, -0.2) is 0 Å². The molecule has 0 unspecified atom stereocenters. The van der Waals surface area contributed by atoms with Gasteiger partial charge in [-0.15, -0.1) is 11.3 Å². The summed E-state index contributed by atoms with van der Waals surface area (Å²) in [5, 5.41) is 6.53. The van der Waals surface area contributed by atoms with Gasteiger partial charge in [-0.2, -0.15) is 0 Å². The molecular weight excluding hydrogens is 707 g/mol. The number of rotatable bonds is 2. The lowest BCUT2D eigenvalue weighted by molar-refractivity contribution is 0.332. The summed E-state index contributed by atoms with van der Waals surface area (Å²) in [6.45, 7) is 22.0. The first-order valence-electron chi connectivity index (χ1n) is 21.2. The van der Waals surface area contributed by atoms with Crippen LogP contribution in [0.3, 0.4) is 0 Å². The SMILES string of the molecule is Cc1cc(-c2cccc3c2[nH]c2cc4ccccc4cc23)c2c(c1)N(c1ccc3c(c1)C(C)(C)CCC3(C)C)c1c(sc3cc4c(cc13)C(C)(C)CCC4(C)C)B2. The summed E-state index contributed by atoms with van der Waals surface area (Å²) in [7, 11) is 0.914. The number of nitrogens with one attached hydrogen (secondary N) is 1. The molecule has 6 aromatic carbocycles. The molecule has 0 spiro atoms.